The molecule has 2 amide bonds. The molecule has 0 spiro atoms. The molecule has 2 N–H and O–H groups in total. The second-order valence-corrected chi connectivity index (χ2v) is 5.34. The number of hydrogen-bond acceptors (Lipinski definition) is 4. The molecule has 110 valence electrons. The lowest BCUT2D eigenvalue weighted by Gasteiger charge is -2.35. The SMILES string of the molecule is COCCNC(=O)CN(C)C(=O)C1(C)CCCNC1. The Bertz CT molecular complexity index is 314. The molecule has 6 nitrogen and oxygen atoms in total. The van der Waals surface area contributed by atoms with Gasteiger partial charge in [0.2, 0.25) is 11.8 Å². The number of carbonyl (C=O) groups is 2. The van der Waals surface area contributed by atoms with Crippen LogP contribution >= 0.6 is 0 Å². The first kappa shape index (κ1) is 15.9. The topological polar surface area (TPSA) is 70.7 Å². The van der Waals surface area contributed by atoms with Crippen molar-refractivity contribution in [3.63, 3.8) is 0 Å². The molecule has 0 bridgehead atoms. The van der Waals surface area contributed by atoms with Gasteiger partial charge in [-0.1, -0.05) is 0 Å². The van der Waals surface area contributed by atoms with Gasteiger partial charge in [0.05, 0.1) is 18.6 Å². The third-order valence-corrected chi connectivity index (χ3v) is 3.47. The summed E-state index contributed by atoms with van der Waals surface area (Å²) in [6.07, 6.45) is 1.87. The summed E-state index contributed by atoms with van der Waals surface area (Å²) in [6, 6.07) is 0. The Hall–Kier alpha value is -1.14. The highest BCUT2D eigenvalue weighted by Crippen LogP contribution is 2.27. The van der Waals surface area contributed by atoms with Gasteiger partial charge in [0.25, 0.3) is 0 Å². The molecule has 19 heavy (non-hydrogen) atoms. The number of nitrogens with zero attached hydrogens (tertiary/aromatic N) is 1. The molecule has 0 aromatic heterocycles. The number of nitrogens with one attached hydrogen (secondary N) is 2. The second-order valence-electron chi connectivity index (χ2n) is 5.34. The number of ether oxygens (including phenoxy) is 1. The lowest BCUT2D eigenvalue weighted by Crippen LogP contribution is -2.51. The molecular weight excluding hydrogens is 246 g/mol. The van der Waals surface area contributed by atoms with E-state index in [1.165, 1.54) is 4.90 Å². The average Bonchev–Trinajstić information content (AvgIpc) is 2.39. The van der Waals surface area contributed by atoms with Gasteiger partial charge in [-0.15, -0.1) is 0 Å². The Morgan fingerprint density at radius 2 is 2.21 bits per heavy atom. The molecule has 0 aromatic carbocycles. The fourth-order valence-corrected chi connectivity index (χ4v) is 2.34. The smallest absolute Gasteiger partial charge is 0.239 e. The number of amides is 2. The van der Waals surface area contributed by atoms with Crippen LogP contribution in [0.3, 0.4) is 0 Å². The van der Waals surface area contributed by atoms with Crippen LogP contribution in [0.15, 0.2) is 0 Å². The molecule has 1 aliphatic heterocycles. The van der Waals surface area contributed by atoms with Crippen molar-refractivity contribution >= 4 is 11.8 Å². The summed E-state index contributed by atoms with van der Waals surface area (Å²) in [5, 5.41) is 5.95. The van der Waals surface area contributed by atoms with Crippen molar-refractivity contribution in [3.8, 4) is 0 Å². The maximum Gasteiger partial charge on any atom is 0.239 e. The lowest BCUT2D eigenvalue weighted by molar-refractivity contribution is -0.143. The molecule has 0 aliphatic carbocycles. The van der Waals surface area contributed by atoms with Gasteiger partial charge in [-0.3, -0.25) is 9.59 Å². The van der Waals surface area contributed by atoms with Gasteiger partial charge < -0.3 is 20.3 Å². The maximum absolute atomic E-state index is 12.4. The number of rotatable bonds is 6. The van der Waals surface area contributed by atoms with Gasteiger partial charge >= 0.3 is 0 Å². The van der Waals surface area contributed by atoms with E-state index >= 15 is 0 Å². The van der Waals surface area contributed by atoms with Crippen LogP contribution in [0.2, 0.25) is 0 Å². The van der Waals surface area contributed by atoms with E-state index in [-0.39, 0.29) is 23.8 Å². The summed E-state index contributed by atoms with van der Waals surface area (Å²) in [5.41, 5.74) is -0.389. The summed E-state index contributed by atoms with van der Waals surface area (Å²) in [7, 11) is 3.26. The van der Waals surface area contributed by atoms with Crippen LogP contribution in [-0.4, -0.2) is 63.7 Å². The Morgan fingerprint density at radius 1 is 1.47 bits per heavy atom. The number of methoxy groups -OCH3 is 1. The van der Waals surface area contributed by atoms with Gasteiger partial charge in [0.15, 0.2) is 0 Å². The molecule has 0 saturated carbocycles. The van der Waals surface area contributed by atoms with E-state index < -0.39 is 0 Å². The van der Waals surface area contributed by atoms with E-state index in [0.29, 0.717) is 19.7 Å². The van der Waals surface area contributed by atoms with Gasteiger partial charge in [0.1, 0.15) is 0 Å². The summed E-state index contributed by atoms with van der Waals surface area (Å²) >= 11 is 0. The Kier molecular flexibility index (Phi) is 6.24. The molecule has 0 radical (unpaired) electrons. The first-order valence-electron chi connectivity index (χ1n) is 6.71. The van der Waals surface area contributed by atoms with Crippen LogP contribution < -0.4 is 10.6 Å². The van der Waals surface area contributed by atoms with E-state index in [2.05, 4.69) is 10.6 Å². The average molecular weight is 271 g/mol. The molecule has 0 aromatic rings. The minimum absolute atomic E-state index is 0.0293. The monoisotopic (exact) mass is 271 g/mol. The number of hydrogen-bond donors (Lipinski definition) is 2. The quantitative estimate of drug-likeness (QED) is 0.645. The molecule has 1 unspecified atom stereocenters. The summed E-state index contributed by atoms with van der Waals surface area (Å²) in [6.45, 7) is 4.64. The van der Waals surface area contributed by atoms with E-state index in [4.69, 9.17) is 4.74 Å². The molecule has 1 atom stereocenters. The van der Waals surface area contributed by atoms with E-state index in [0.717, 1.165) is 19.4 Å². The molecule has 1 rings (SSSR count). The Morgan fingerprint density at radius 3 is 2.79 bits per heavy atom. The molecule has 1 heterocycles. The number of piperidine rings is 1. The highest BCUT2D eigenvalue weighted by molar-refractivity contribution is 5.87. The maximum atomic E-state index is 12.4. The molecule has 6 heteroatoms. The first-order valence-corrected chi connectivity index (χ1v) is 6.71. The predicted molar refractivity (Wildman–Crippen MR) is 72.7 cm³/mol. The van der Waals surface area contributed by atoms with Crippen LogP contribution in [-0.2, 0) is 14.3 Å². The van der Waals surface area contributed by atoms with E-state index in [1.807, 2.05) is 6.92 Å². The number of carbonyl (C=O) groups excluding carboxylic acids is 2. The fourth-order valence-electron chi connectivity index (χ4n) is 2.34. The van der Waals surface area contributed by atoms with Crippen molar-refractivity contribution < 1.29 is 14.3 Å². The van der Waals surface area contributed by atoms with Gasteiger partial charge in [0, 0.05) is 27.2 Å². The van der Waals surface area contributed by atoms with Crippen LogP contribution in [0.4, 0.5) is 0 Å². The van der Waals surface area contributed by atoms with Crippen LogP contribution in [0.25, 0.3) is 0 Å². The van der Waals surface area contributed by atoms with Crippen molar-refractivity contribution in [2.24, 2.45) is 5.41 Å². The van der Waals surface area contributed by atoms with E-state index in [1.54, 1.807) is 14.2 Å². The lowest BCUT2D eigenvalue weighted by atomic mass is 9.81. The van der Waals surface area contributed by atoms with Gasteiger partial charge in [-0.05, 0) is 26.3 Å². The molecule has 1 saturated heterocycles. The zero-order valence-corrected chi connectivity index (χ0v) is 12.1. The van der Waals surface area contributed by atoms with Crippen molar-refractivity contribution in [1.29, 1.82) is 0 Å². The molecule has 1 fully saturated rings. The zero-order valence-electron chi connectivity index (χ0n) is 12.1. The van der Waals surface area contributed by atoms with Crippen molar-refractivity contribution in [2.75, 3.05) is 46.9 Å². The Labute approximate surface area is 114 Å². The minimum atomic E-state index is -0.389. The van der Waals surface area contributed by atoms with Crippen molar-refractivity contribution in [1.82, 2.24) is 15.5 Å². The highest BCUT2D eigenvalue weighted by atomic mass is 16.5. The summed E-state index contributed by atoms with van der Waals surface area (Å²) < 4.78 is 4.85. The third kappa shape index (κ3) is 4.80. The largest absolute Gasteiger partial charge is 0.383 e. The highest BCUT2D eigenvalue weighted by Gasteiger charge is 2.36. The fraction of sp³-hybridized carbons (Fsp3) is 0.846. The summed E-state index contributed by atoms with van der Waals surface area (Å²) in [5.74, 6) is -0.123. The molecule has 1 aliphatic rings. The second kappa shape index (κ2) is 7.45. The third-order valence-electron chi connectivity index (χ3n) is 3.47. The van der Waals surface area contributed by atoms with Crippen LogP contribution in [0.1, 0.15) is 19.8 Å². The zero-order chi connectivity index (χ0) is 14.3. The normalized spacial score (nSPS) is 22.9. The predicted octanol–water partition coefficient (Wildman–Crippen LogP) is -0.403. The first-order chi connectivity index (χ1) is 8.99. The van der Waals surface area contributed by atoms with Crippen LogP contribution in [0.5, 0.6) is 0 Å². The minimum Gasteiger partial charge on any atom is -0.383 e. The number of likely N-dealkylation sites (N-methyl/N-ethyl adjacent to an activating group) is 1. The van der Waals surface area contributed by atoms with Crippen LogP contribution in [0, 0.1) is 5.41 Å². The van der Waals surface area contributed by atoms with Gasteiger partial charge in [-0.2, -0.15) is 0 Å². The Balaban J connectivity index is 2.41. The van der Waals surface area contributed by atoms with Crippen molar-refractivity contribution in [2.45, 2.75) is 19.8 Å². The van der Waals surface area contributed by atoms with Crippen molar-refractivity contribution in [3.05, 3.63) is 0 Å². The van der Waals surface area contributed by atoms with Gasteiger partial charge in [-0.25, -0.2) is 0 Å². The molecular formula is C13H25N3O3. The van der Waals surface area contributed by atoms with E-state index in [9.17, 15) is 9.59 Å². The standard InChI is InChI=1S/C13H25N3O3/c1-13(5-4-6-14-10-13)12(18)16(2)9-11(17)15-7-8-19-3/h14H,4-10H2,1-3H3,(H,15,17). The summed E-state index contributed by atoms with van der Waals surface area (Å²) in [4.78, 5) is 25.5.